The van der Waals surface area contributed by atoms with Crippen LogP contribution in [0.25, 0.3) is 10.9 Å². The van der Waals surface area contributed by atoms with Crippen molar-refractivity contribution in [2.24, 2.45) is 5.92 Å². The van der Waals surface area contributed by atoms with Crippen molar-refractivity contribution in [2.45, 2.75) is 19.9 Å². The van der Waals surface area contributed by atoms with Crippen LogP contribution in [0, 0.1) is 12.8 Å². The van der Waals surface area contributed by atoms with Gasteiger partial charge >= 0.3 is 0 Å². The summed E-state index contributed by atoms with van der Waals surface area (Å²) in [5, 5.41) is 1.21. The van der Waals surface area contributed by atoms with Gasteiger partial charge in [-0.15, -0.1) is 0 Å². The Balaban J connectivity index is 1.45. The molecule has 134 valence electrons. The summed E-state index contributed by atoms with van der Waals surface area (Å²) in [7, 11) is 0. The average Bonchev–Trinajstić information content (AvgIpc) is 2.86. The molecule has 1 fully saturated rings. The third-order valence-corrected chi connectivity index (χ3v) is 4.95. The van der Waals surface area contributed by atoms with Crippen LogP contribution >= 0.6 is 0 Å². The van der Waals surface area contributed by atoms with E-state index in [2.05, 4.69) is 51.3 Å². The summed E-state index contributed by atoms with van der Waals surface area (Å²) in [6, 6.07) is 17.0. The summed E-state index contributed by atoms with van der Waals surface area (Å²) >= 11 is 0. The number of rotatable bonds is 4. The van der Waals surface area contributed by atoms with Gasteiger partial charge in [0.2, 0.25) is 0 Å². The van der Waals surface area contributed by atoms with Crippen LogP contribution in [0.15, 0.2) is 54.7 Å². The van der Waals surface area contributed by atoms with Gasteiger partial charge in [0.05, 0.1) is 24.4 Å². The summed E-state index contributed by atoms with van der Waals surface area (Å²) in [5.41, 5.74) is 4.63. The van der Waals surface area contributed by atoms with E-state index < -0.39 is 0 Å². The molecule has 1 aromatic carbocycles. The number of pyridine rings is 2. The fourth-order valence-electron chi connectivity index (χ4n) is 3.72. The maximum atomic E-state index is 5.88. The molecule has 4 rings (SSSR count). The molecule has 3 heterocycles. The highest BCUT2D eigenvalue weighted by atomic mass is 16.5. The summed E-state index contributed by atoms with van der Waals surface area (Å²) in [6.45, 7) is 6.57. The molecule has 0 amide bonds. The van der Waals surface area contributed by atoms with Crippen molar-refractivity contribution in [3.63, 3.8) is 0 Å². The number of benzene rings is 1. The van der Waals surface area contributed by atoms with Crippen molar-refractivity contribution in [3.8, 4) is 0 Å². The molecular weight excluding hydrogens is 322 g/mol. The van der Waals surface area contributed by atoms with Crippen molar-refractivity contribution < 1.29 is 4.74 Å². The summed E-state index contributed by atoms with van der Waals surface area (Å²) < 4.78 is 5.88. The second-order valence-corrected chi connectivity index (χ2v) is 7.18. The maximum absolute atomic E-state index is 5.88. The Labute approximate surface area is 154 Å². The predicted molar refractivity (Wildman–Crippen MR) is 104 cm³/mol. The maximum Gasteiger partial charge on any atom is 0.0702 e. The van der Waals surface area contributed by atoms with Crippen molar-refractivity contribution in [1.82, 2.24) is 14.9 Å². The lowest BCUT2D eigenvalue weighted by atomic mass is 9.98. The van der Waals surface area contributed by atoms with E-state index >= 15 is 0 Å². The minimum absolute atomic E-state index is 0.497. The zero-order valence-corrected chi connectivity index (χ0v) is 15.3. The van der Waals surface area contributed by atoms with Crippen LogP contribution in [0.1, 0.15) is 17.0 Å². The fourth-order valence-corrected chi connectivity index (χ4v) is 3.72. The molecule has 1 saturated heterocycles. The second-order valence-electron chi connectivity index (χ2n) is 7.18. The third-order valence-electron chi connectivity index (χ3n) is 4.95. The number of ether oxygens (including phenoxy) is 1. The van der Waals surface area contributed by atoms with Crippen LogP contribution < -0.4 is 0 Å². The minimum atomic E-state index is 0.497. The first-order valence-electron chi connectivity index (χ1n) is 9.32. The van der Waals surface area contributed by atoms with Gasteiger partial charge in [-0.1, -0.05) is 18.2 Å². The molecule has 1 atom stereocenters. The van der Waals surface area contributed by atoms with Crippen molar-refractivity contribution in [1.29, 1.82) is 0 Å². The summed E-state index contributed by atoms with van der Waals surface area (Å²) in [5.74, 6) is 0.497. The number of hydrogen-bond donors (Lipinski definition) is 0. The van der Waals surface area contributed by atoms with Gasteiger partial charge in [0, 0.05) is 36.9 Å². The van der Waals surface area contributed by atoms with Crippen LogP contribution in [0.3, 0.4) is 0 Å². The topological polar surface area (TPSA) is 38.2 Å². The van der Waals surface area contributed by atoms with Gasteiger partial charge in [0.1, 0.15) is 0 Å². The lowest BCUT2D eigenvalue weighted by Gasteiger charge is -2.23. The Kier molecular flexibility index (Phi) is 5.23. The van der Waals surface area contributed by atoms with E-state index in [0.29, 0.717) is 5.92 Å². The summed E-state index contributed by atoms with van der Waals surface area (Å²) in [6.07, 6.45) is 2.88. The van der Waals surface area contributed by atoms with Crippen molar-refractivity contribution in [2.75, 3.05) is 26.3 Å². The largest absolute Gasteiger partial charge is 0.380 e. The van der Waals surface area contributed by atoms with Crippen LogP contribution in [0.4, 0.5) is 0 Å². The van der Waals surface area contributed by atoms with Crippen molar-refractivity contribution >= 4 is 10.9 Å². The van der Waals surface area contributed by atoms with Gasteiger partial charge in [-0.25, -0.2) is 0 Å². The number of hydrogen-bond acceptors (Lipinski definition) is 4. The Hall–Kier alpha value is -2.30. The van der Waals surface area contributed by atoms with Crippen molar-refractivity contribution in [3.05, 3.63) is 71.7 Å². The first kappa shape index (κ1) is 17.1. The number of aromatic nitrogens is 2. The van der Waals surface area contributed by atoms with Gasteiger partial charge in [0.15, 0.2) is 0 Å². The number of nitrogens with zero attached hydrogens (tertiary/aromatic N) is 3. The molecule has 1 aliphatic rings. The Morgan fingerprint density at radius 1 is 1.15 bits per heavy atom. The zero-order valence-electron chi connectivity index (χ0n) is 15.3. The van der Waals surface area contributed by atoms with Gasteiger partial charge in [-0.05, 0) is 55.2 Å². The molecule has 0 spiro atoms. The Morgan fingerprint density at radius 3 is 3.04 bits per heavy atom. The normalized spacial score (nSPS) is 18.7. The molecule has 0 unspecified atom stereocenters. The molecule has 0 radical (unpaired) electrons. The quantitative estimate of drug-likeness (QED) is 0.722. The van der Waals surface area contributed by atoms with Gasteiger partial charge in [-0.2, -0.15) is 0 Å². The molecule has 2 aromatic heterocycles. The standard InChI is InChI=1S/C22H25N3O/c1-17-4-2-6-21(24-17)15-25-10-11-26-16-19(14-25)12-18-7-8-22-20(13-18)5-3-9-23-22/h2-9,13,19H,10-12,14-16H2,1H3/t19-/m1/s1. The highest BCUT2D eigenvalue weighted by molar-refractivity contribution is 5.78. The zero-order chi connectivity index (χ0) is 17.8. The van der Waals surface area contributed by atoms with Gasteiger partial charge in [0.25, 0.3) is 0 Å². The highest BCUT2D eigenvalue weighted by Gasteiger charge is 2.19. The van der Waals surface area contributed by atoms with E-state index in [1.807, 2.05) is 25.3 Å². The molecule has 4 heteroatoms. The van der Waals surface area contributed by atoms with Crippen LogP contribution in [0.5, 0.6) is 0 Å². The van der Waals surface area contributed by atoms with Gasteiger partial charge < -0.3 is 4.74 Å². The smallest absolute Gasteiger partial charge is 0.0702 e. The average molecular weight is 347 g/mol. The second kappa shape index (κ2) is 7.94. The number of aryl methyl sites for hydroxylation is 1. The Morgan fingerprint density at radius 2 is 2.12 bits per heavy atom. The van der Waals surface area contributed by atoms with E-state index in [0.717, 1.165) is 56.2 Å². The molecule has 0 bridgehead atoms. The first-order valence-corrected chi connectivity index (χ1v) is 9.32. The molecule has 0 aliphatic carbocycles. The van der Waals surface area contributed by atoms with Crippen LogP contribution in [-0.4, -0.2) is 41.2 Å². The monoisotopic (exact) mass is 347 g/mol. The molecule has 0 N–H and O–H groups in total. The third kappa shape index (κ3) is 4.26. The van der Waals surface area contributed by atoms with Gasteiger partial charge in [-0.3, -0.25) is 14.9 Å². The molecule has 26 heavy (non-hydrogen) atoms. The SMILES string of the molecule is Cc1cccc(CN2CCOC[C@H](Cc3ccc4ncccc4c3)C2)n1. The van der Waals surface area contributed by atoms with E-state index in [4.69, 9.17) is 4.74 Å². The minimum Gasteiger partial charge on any atom is -0.380 e. The first-order chi connectivity index (χ1) is 12.8. The summed E-state index contributed by atoms with van der Waals surface area (Å²) in [4.78, 5) is 11.5. The highest BCUT2D eigenvalue weighted by Crippen LogP contribution is 2.19. The van der Waals surface area contributed by atoms with Crippen LogP contribution in [-0.2, 0) is 17.7 Å². The van der Waals surface area contributed by atoms with E-state index in [1.165, 1.54) is 10.9 Å². The molecule has 0 saturated carbocycles. The molecular formula is C22H25N3O. The lowest BCUT2D eigenvalue weighted by molar-refractivity contribution is 0.121. The van der Waals surface area contributed by atoms with E-state index in [1.54, 1.807) is 0 Å². The molecule has 1 aliphatic heterocycles. The number of fused-ring (bicyclic) bond motifs is 1. The molecule has 3 aromatic rings. The lowest BCUT2D eigenvalue weighted by Crippen LogP contribution is -2.30. The van der Waals surface area contributed by atoms with Crippen LogP contribution in [0.2, 0.25) is 0 Å². The van der Waals surface area contributed by atoms with E-state index in [-0.39, 0.29) is 0 Å². The predicted octanol–water partition coefficient (Wildman–Crippen LogP) is 3.63. The molecule has 4 nitrogen and oxygen atoms in total. The van der Waals surface area contributed by atoms with E-state index in [9.17, 15) is 0 Å². The Bertz CT molecular complexity index is 880. The fraction of sp³-hybridized carbons (Fsp3) is 0.364.